The molecule has 6 heterocycles. The van der Waals surface area contributed by atoms with Crippen LogP contribution in [0.1, 0.15) is 143 Å². The first kappa shape index (κ1) is 47.8. The highest BCUT2D eigenvalue weighted by Crippen LogP contribution is 2.72. The summed E-state index contributed by atoms with van der Waals surface area (Å²) in [6.45, 7) is 23.5. The largest absolute Gasteiger partial charge is 0.493 e. The molecular formula is C56H76F2N4O8. The Labute approximate surface area is 415 Å². The number of nitrogens with one attached hydrogen (secondary N) is 1. The van der Waals surface area contributed by atoms with E-state index in [4.69, 9.17) is 18.9 Å². The first-order valence-corrected chi connectivity index (χ1v) is 25.6. The smallest absolute Gasteiger partial charge is 0.344 e. The van der Waals surface area contributed by atoms with Crippen LogP contribution in [0.15, 0.2) is 30.4 Å². The summed E-state index contributed by atoms with van der Waals surface area (Å²) in [5, 5.41) is 14.9. The molecule has 3 aromatic rings. The number of aromatic amines is 1. The topological polar surface area (TPSA) is 134 Å². The summed E-state index contributed by atoms with van der Waals surface area (Å²) in [5.41, 5.74) is -0.895. The third-order valence-corrected chi connectivity index (χ3v) is 18.9. The lowest BCUT2D eigenvalue weighted by molar-refractivity contribution is -0.231. The molecule has 12 nitrogen and oxygen atoms in total. The monoisotopic (exact) mass is 973 g/mol. The van der Waals surface area contributed by atoms with Crippen molar-refractivity contribution in [1.82, 2.24) is 14.8 Å². The Kier molecular flexibility index (Phi) is 11.6. The number of piperidine rings is 1. The molecule has 1 spiro atoms. The maximum absolute atomic E-state index is 16.2. The van der Waals surface area contributed by atoms with Gasteiger partial charge < -0.3 is 33.9 Å². The number of likely N-dealkylation sites (N-methyl/N-ethyl adjacent to an activating group) is 1. The molecule has 15 atom stereocenters. The number of carbonyl (C=O) groups is 3. The number of aliphatic hydroxyl groups is 1. The van der Waals surface area contributed by atoms with Gasteiger partial charge in [-0.2, -0.15) is 0 Å². The maximum atomic E-state index is 16.2. The van der Waals surface area contributed by atoms with Gasteiger partial charge in [0.15, 0.2) is 6.10 Å². The Morgan fingerprint density at radius 1 is 0.957 bits per heavy atom. The maximum Gasteiger partial charge on any atom is 0.344 e. The Hall–Kier alpha value is -4.53. The molecule has 6 aliphatic rings. The molecule has 2 bridgehead atoms. The van der Waals surface area contributed by atoms with Gasteiger partial charge in [0.05, 0.1) is 26.4 Å². The predicted molar refractivity (Wildman–Crippen MR) is 266 cm³/mol. The van der Waals surface area contributed by atoms with E-state index in [1.165, 1.54) is 25.9 Å². The number of fused-ring (bicyclic) bond motifs is 6. The minimum atomic E-state index is -3.03. The fourth-order valence-electron chi connectivity index (χ4n) is 15.8. The van der Waals surface area contributed by atoms with Crippen molar-refractivity contribution in [2.24, 2.45) is 23.2 Å². The normalized spacial score (nSPS) is 38.1. The van der Waals surface area contributed by atoms with Gasteiger partial charge in [-0.15, -0.1) is 0 Å². The number of benzene rings is 2. The molecular weight excluding hydrogens is 895 g/mol. The molecule has 1 aliphatic carbocycles. The van der Waals surface area contributed by atoms with Gasteiger partial charge in [-0.05, 0) is 147 Å². The molecule has 0 radical (unpaired) electrons. The van der Waals surface area contributed by atoms with Crippen molar-refractivity contribution in [3.05, 3.63) is 69.4 Å². The van der Waals surface area contributed by atoms with Gasteiger partial charge in [0, 0.05) is 104 Å². The summed E-state index contributed by atoms with van der Waals surface area (Å²) in [4.78, 5) is 54.7. The highest BCUT2D eigenvalue weighted by molar-refractivity contribution is 5.96. The third kappa shape index (κ3) is 6.35. The zero-order chi connectivity index (χ0) is 52.9. The van der Waals surface area contributed by atoms with Gasteiger partial charge in [0.1, 0.15) is 11.2 Å². The highest BCUT2D eigenvalue weighted by Gasteiger charge is 2.83. The van der Waals surface area contributed by atoms with Gasteiger partial charge >= 0.3 is 17.9 Å². The summed E-state index contributed by atoms with van der Waals surface area (Å²) in [5.74, 6) is -7.12. The number of anilines is 1. The zero-order valence-electron chi connectivity index (χ0n) is 45.8. The van der Waals surface area contributed by atoms with Crippen molar-refractivity contribution in [3.63, 3.8) is 0 Å². The Morgan fingerprint density at radius 2 is 1.64 bits per heavy atom. The molecule has 2 N–H and O–H groups in total. The predicted octanol–water partition coefficient (Wildman–Crippen LogP) is 9.15. The minimum absolute atomic E-state index is 0.00816. The number of H-pyrrole nitrogens is 1. The van der Waals surface area contributed by atoms with E-state index in [0.29, 0.717) is 34.5 Å². The summed E-state index contributed by atoms with van der Waals surface area (Å²) >= 11 is 0. The number of hydrogen-bond donors (Lipinski definition) is 2. The van der Waals surface area contributed by atoms with Crippen LogP contribution in [-0.2, 0) is 39.4 Å². The van der Waals surface area contributed by atoms with Gasteiger partial charge in [-0.1, -0.05) is 26.0 Å². The van der Waals surface area contributed by atoms with Crippen molar-refractivity contribution in [2.45, 2.75) is 181 Å². The number of aromatic nitrogens is 1. The molecule has 3 fully saturated rings. The van der Waals surface area contributed by atoms with E-state index in [9.17, 15) is 12.6 Å². The van der Waals surface area contributed by atoms with Crippen LogP contribution in [0.5, 0.6) is 5.75 Å². The molecule has 2 saturated heterocycles. The fourth-order valence-corrected chi connectivity index (χ4v) is 15.8. The lowest BCUT2D eigenvalue weighted by Crippen LogP contribution is -2.82. The van der Waals surface area contributed by atoms with Crippen molar-refractivity contribution in [3.8, 4) is 5.75 Å². The molecule has 5 aliphatic heterocycles. The number of aryl methyl sites for hydroxylation is 2. The molecule has 9 rings (SSSR count). The number of ether oxygens (including phenoxy) is 4. The molecule has 0 amide bonds. The van der Waals surface area contributed by atoms with E-state index in [1.807, 2.05) is 53.7 Å². The van der Waals surface area contributed by atoms with Gasteiger partial charge in [0.25, 0.3) is 0 Å². The Balaban J connectivity index is 1.51. The van der Waals surface area contributed by atoms with Crippen LogP contribution in [-0.4, -0.2) is 119 Å². The van der Waals surface area contributed by atoms with E-state index in [1.54, 1.807) is 13.0 Å². The number of alkyl halides is 2. The molecule has 1 saturated carbocycles. The summed E-state index contributed by atoms with van der Waals surface area (Å²) < 4.78 is 76.8. The van der Waals surface area contributed by atoms with Crippen LogP contribution in [0.25, 0.3) is 10.9 Å². The molecule has 382 valence electrons. The van der Waals surface area contributed by atoms with E-state index >= 15 is 18.4 Å². The first-order valence-electron chi connectivity index (χ1n) is 26.6. The first-order chi connectivity index (χ1) is 33.6. The zero-order valence-corrected chi connectivity index (χ0v) is 43.8. The molecule has 70 heavy (non-hydrogen) atoms. The lowest BCUT2D eigenvalue weighted by Gasteiger charge is -2.65. The second kappa shape index (κ2) is 17.0. The van der Waals surface area contributed by atoms with Crippen molar-refractivity contribution >= 4 is 34.5 Å². The van der Waals surface area contributed by atoms with Gasteiger partial charge in [-0.3, -0.25) is 19.4 Å². The van der Waals surface area contributed by atoms with Gasteiger partial charge in [0.2, 0.25) is 11.5 Å². The lowest BCUT2D eigenvalue weighted by atomic mass is 9.45. The van der Waals surface area contributed by atoms with E-state index in [-0.39, 0.29) is 56.5 Å². The van der Waals surface area contributed by atoms with Crippen LogP contribution >= 0.6 is 0 Å². The van der Waals surface area contributed by atoms with E-state index in [2.05, 4.69) is 54.6 Å². The number of carbonyl (C=O) groups excluding carboxylic acids is 3. The summed E-state index contributed by atoms with van der Waals surface area (Å²) in [6, 6.07) is 2.68. The van der Waals surface area contributed by atoms with Crippen LogP contribution in [0, 0.1) is 43.9 Å². The molecule has 1 aromatic heterocycles. The van der Waals surface area contributed by atoms with Crippen LogP contribution in [0.2, 0.25) is 0 Å². The SMILES string of the molecule is [2H]C([2H])(C)N1c2cc(OCC)c([C@@]3(C(=O)OCC)C[C@@H]4C[C@@H](C(C)(F)F)CN(C(C)c5c3[nH]c3cc(C)c(C)cc53)C4C)c(C)c2C23[C@H](C)C(C)N4C(C)C=C[C@](CC)([C@H]42)[C@@H](OC(C)=O)[C@](O)(C(=O)OC)[C@H]13. The Bertz CT molecular complexity index is 2750. The third-order valence-electron chi connectivity index (χ3n) is 18.9. The average molecular weight is 973 g/mol. The van der Waals surface area contributed by atoms with Crippen molar-refractivity contribution in [1.29, 1.82) is 0 Å². The van der Waals surface area contributed by atoms with Crippen LogP contribution in [0.4, 0.5) is 14.5 Å². The number of methoxy groups -OCH3 is 1. The van der Waals surface area contributed by atoms with E-state index in [0.717, 1.165) is 34.5 Å². The van der Waals surface area contributed by atoms with E-state index < -0.39 is 94.2 Å². The van der Waals surface area contributed by atoms with Gasteiger partial charge in [-0.25, -0.2) is 13.6 Å². The summed E-state index contributed by atoms with van der Waals surface area (Å²) in [6.07, 6.45) is 2.95. The van der Waals surface area contributed by atoms with Crippen molar-refractivity contribution < 1.29 is 50.0 Å². The summed E-state index contributed by atoms with van der Waals surface area (Å²) in [7, 11) is 1.17. The molecule has 6 unspecified atom stereocenters. The number of nitrogens with zero attached hydrogens (tertiary/aromatic N) is 3. The molecule has 2 aromatic carbocycles. The molecule has 14 heteroatoms. The second-order valence-electron chi connectivity index (χ2n) is 21.9. The number of rotatable bonds is 10. The van der Waals surface area contributed by atoms with Crippen molar-refractivity contribution in [2.75, 3.05) is 38.3 Å². The number of esters is 3. The fraction of sp³-hybridized carbons (Fsp3) is 0.661. The minimum Gasteiger partial charge on any atom is -0.493 e. The highest BCUT2D eigenvalue weighted by atomic mass is 19.3. The number of hydrogen-bond acceptors (Lipinski definition) is 11. The van der Waals surface area contributed by atoms with Crippen LogP contribution < -0.4 is 9.64 Å². The standard InChI is InChI=1S/C56H76F2N4O8/c1-16-53-21-20-30(7)62-33(10)32(9)55(47(53)62)44-31(8)45(42(68-18-3)25-41(44)60(17-2)48(55)56(66,51(65)67-15)49(53)70-36(13)63)54(50(64)69-19-4)26-37-24-38(52(14,57)58)27-61(34(37)11)35(12)43-39-22-28(5)29(6)23-40(39)59-46(43)54/h20-23,25,30,32-35,37-38,47-49,59,66H,16-19,24,26-27H2,1-15H3/t30?,32-,33?,34?,35?,37+,38-,47+,48-,49-,53-,54+,55?,56+/m1/s1/i17D2. The second-order valence-corrected chi connectivity index (χ2v) is 21.9. The Morgan fingerprint density at radius 3 is 2.24 bits per heavy atom. The average Bonchev–Trinajstić information content (AvgIpc) is 3.91. The number of halogens is 2. The van der Waals surface area contributed by atoms with Crippen LogP contribution in [0.3, 0.4) is 0 Å². The quantitative estimate of drug-likeness (QED) is 0.115.